The minimum Gasteiger partial charge on any atom is -0.389 e. The molecule has 0 bridgehead atoms. The van der Waals surface area contributed by atoms with Crippen molar-refractivity contribution in [2.75, 3.05) is 18.0 Å². The van der Waals surface area contributed by atoms with Crippen molar-refractivity contribution in [1.29, 1.82) is 0 Å². The van der Waals surface area contributed by atoms with Gasteiger partial charge in [0.25, 0.3) is 0 Å². The standard InChI is InChI=1S/C17H30N2O/c1-7-19(8-2)15-11-9-14(10-12-15)13-18-16(3,4)17(5,6)20/h9-12,18,20H,7-8,13H2,1-6H3. The zero-order valence-corrected chi connectivity index (χ0v) is 13.8. The normalized spacial score (nSPS) is 12.6. The SMILES string of the molecule is CCN(CC)c1ccc(CNC(C)(C)C(C)(C)O)cc1. The molecule has 0 aliphatic rings. The second-order valence-electron chi connectivity index (χ2n) is 6.38. The number of aliphatic hydroxyl groups is 1. The van der Waals surface area contributed by atoms with Gasteiger partial charge in [-0.25, -0.2) is 0 Å². The molecule has 114 valence electrons. The molecule has 1 aromatic carbocycles. The molecule has 2 N–H and O–H groups in total. The molecule has 3 heteroatoms. The summed E-state index contributed by atoms with van der Waals surface area (Å²) in [6.45, 7) is 14.9. The van der Waals surface area contributed by atoms with Gasteiger partial charge in [-0.1, -0.05) is 12.1 Å². The molecule has 1 aromatic rings. The van der Waals surface area contributed by atoms with Crippen LogP contribution in [-0.2, 0) is 6.54 Å². The summed E-state index contributed by atoms with van der Waals surface area (Å²) in [7, 11) is 0. The smallest absolute Gasteiger partial charge is 0.0767 e. The lowest BCUT2D eigenvalue weighted by Crippen LogP contribution is -2.55. The predicted molar refractivity (Wildman–Crippen MR) is 87.2 cm³/mol. The minimum atomic E-state index is -0.756. The number of nitrogens with zero attached hydrogens (tertiary/aromatic N) is 1. The Bertz CT molecular complexity index is 400. The molecule has 0 unspecified atom stereocenters. The minimum absolute atomic E-state index is 0.329. The van der Waals surface area contributed by atoms with E-state index in [0.717, 1.165) is 19.6 Å². The largest absolute Gasteiger partial charge is 0.389 e. The topological polar surface area (TPSA) is 35.5 Å². The van der Waals surface area contributed by atoms with Crippen LogP contribution in [0.1, 0.15) is 47.1 Å². The van der Waals surface area contributed by atoms with Crippen LogP contribution in [0.3, 0.4) is 0 Å². The molecule has 0 aliphatic carbocycles. The van der Waals surface area contributed by atoms with Crippen LogP contribution >= 0.6 is 0 Å². The number of hydrogen-bond acceptors (Lipinski definition) is 3. The molecule has 0 aromatic heterocycles. The molecule has 0 atom stereocenters. The fourth-order valence-electron chi connectivity index (χ4n) is 1.95. The number of nitrogens with one attached hydrogen (secondary N) is 1. The fraction of sp³-hybridized carbons (Fsp3) is 0.647. The third kappa shape index (κ3) is 4.22. The first-order chi connectivity index (χ1) is 9.21. The molecular formula is C17H30N2O. The van der Waals surface area contributed by atoms with Gasteiger partial charge in [0.2, 0.25) is 0 Å². The van der Waals surface area contributed by atoms with Crippen LogP contribution in [0.5, 0.6) is 0 Å². The van der Waals surface area contributed by atoms with Crippen molar-refractivity contribution in [3.63, 3.8) is 0 Å². The first kappa shape index (κ1) is 17.0. The third-order valence-corrected chi connectivity index (χ3v) is 4.33. The van der Waals surface area contributed by atoms with Crippen LogP contribution in [0.2, 0.25) is 0 Å². The van der Waals surface area contributed by atoms with E-state index >= 15 is 0 Å². The van der Waals surface area contributed by atoms with E-state index in [2.05, 4.69) is 48.3 Å². The Morgan fingerprint density at radius 1 is 1.00 bits per heavy atom. The Kier molecular flexibility index (Phi) is 5.60. The van der Waals surface area contributed by atoms with Crippen molar-refractivity contribution in [2.24, 2.45) is 0 Å². The second kappa shape index (κ2) is 6.59. The van der Waals surface area contributed by atoms with E-state index in [1.807, 2.05) is 27.7 Å². The van der Waals surface area contributed by atoms with Crippen molar-refractivity contribution >= 4 is 5.69 Å². The Hall–Kier alpha value is -1.06. The van der Waals surface area contributed by atoms with Crippen molar-refractivity contribution < 1.29 is 5.11 Å². The van der Waals surface area contributed by atoms with E-state index in [4.69, 9.17) is 0 Å². The molecule has 0 saturated heterocycles. The van der Waals surface area contributed by atoms with E-state index < -0.39 is 5.60 Å². The maximum absolute atomic E-state index is 10.1. The second-order valence-corrected chi connectivity index (χ2v) is 6.38. The van der Waals surface area contributed by atoms with E-state index in [0.29, 0.717) is 0 Å². The monoisotopic (exact) mass is 278 g/mol. The number of rotatable bonds is 7. The van der Waals surface area contributed by atoms with Gasteiger partial charge in [0.1, 0.15) is 0 Å². The van der Waals surface area contributed by atoms with Gasteiger partial charge in [-0.2, -0.15) is 0 Å². The highest BCUT2D eigenvalue weighted by Crippen LogP contribution is 2.21. The summed E-state index contributed by atoms with van der Waals surface area (Å²) in [5, 5.41) is 13.6. The van der Waals surface area contributed by atoms with Crippen LogP contribution in [0.4, 0.5) is 5.69 Å². The van der Waals surface area contributed by atoms with E-state index in [-0.39, 0.29) is 5.54 Å². The van der Waals surface area contributed by atoms with E-state index in [1.165, 1.54) is 11.3 Å². The molecule has 3 nitrogen and oxygen atoms in total. The molecule has 0 aliphatic heterocycles. The number of hydrogen-bond donors (Lipinski definition) is 2. The molecule has 0 fully saturated rings. The first-order valence-corrected chi connectivity index (χ1v) is 7.52. The van der Waals surface area contributed by atoms with Crippen molar-refractivity contribution in [3.05, 3.63) is 29.8 Å². The zero-order chi connectivity index (χ0) is 15.4. The molecule has 0 radical (unpaired) electrons. The Morgan fingerprint density at radius 3 is 1.90 bits per heavy atom. The zero-order valence-electron chi connectivity index (χ0n) is 13.8. The highest BCUT2D eigenvalue weighted by Gasteiger charge is 2.34. The summed E-state index contributed by atoms with van der Waals surface area (Å²) in [5.41, 5.74) is 1.41. The quantitative estimate of drug-likeness (QED) is 0.804. The Labute approximate surface area is 124 Å². The van der Waals surface area contributed by atoms with Gasteiger partial charge in [0.15, 0.2) is 0 Å². The maximum Gasteiger partial charge on any atom is 0.0767 e. The molecule has 0 heterocycles. The van der Waals surface area contributed by atoms with E-state index in [1.54, 1.807) is 0 Å². The van der Waals surface area contributed by atoms with Crippen LogP contribution in [-0.4, -0.2) is 29.3 Å². The van der Waals surface area contributed by atoms with Crippen LogP contribution < -0.4 is 10.2 Å². The first-order valence-electron chi connectivity index (χ1n) is 7.52. The van der Waals surface area contributed by atoms with Gasteiger partial charge in [-0.15, -0.1) is 0 Å². The van der Waals surface area contributed by atoms with Gasteiger partial charge in [0.05, 0.1) is 5.60 Å². The summed E-state index contributed by atoms with van der Waals surface area (Å²) < 4.78 is 0. The van der Waals surface area contributed by atoms with Crippen molar-refractivity contribution in [3.8, 4) is 0 Å². The molecule has 1 rings (SSSR count). The Balaban J connectivity index is 2.67. The number of anilines is 1. The lowest BCUT2D eigenvalue weighted by Gasteiger charge is -2.38. The summed E-state index contributed by atoms with van der Waals surface area (Å²) in [6, 6.07) is 8.64. The molecular weight excluding hydrogens is 248 g/mol. The summed E-state index contributed by atoms with van der Waals surface area (Å²) in [4.78, 5) is 2.33. The lowest BCUT2D eigenvalue weighted by molar-refractivity contribution is -0.00531. The van der Waals surface area contributed by atoms with Gasteiger partial charge in [0, 0.05) is 30.9 Å². The van der Waals surface area contributed by atoms with Gasteiger partial charge < -0.3 is 15.3 Å². The lowest BCUT2D eigenvalue weighted by atomic mass is 9.86. The summed E-state index contributed by atoms with van der Waals surface area (Å²) >= 11 is 0. The van der Waals surface area contributed by atoms with Gasteiger partial charge in [-0.3, -0.25) is 0 Å². The summed E-state index contributed by atoms with van der Waals surface area (Å²) in [6.07, 6.45) is 0. The van der Waals surface area contributed by atoms with Gasteiger partial charge in [-0.05, 0) is 59.2 Å². The van der Waals surface area contributed by atoms with Crippen LogP contribution in [0.25, 0.3) is 0 Å². The highest BCUT2D eigenvalue weighted by atomic mass is 16.3. The average Bonchev–Trinajstić information content (AvgIpc) is 2.38. The highest BCUT2D eigenvalue weighted by molar-refractivity contribution is 5.47. The van der Waals surface area contributed by atoms with Crippen LogP contribution in [0.15, 0.2) is 24.3 Å². The predicted octanol–water partition coefficient (Wildman–Crippen LogP) is 3.17. The Morgan fingerprint density at radius 2 is 1.50 bits per heavy atom. The third-order valence-electron chi connectivity index (χ3n) is 4.33. The molecule has 0 spiro atoms. The molecule has 0 amide bonds. The van der Waals surface area contributed by atoms with Gasteiger partial charge >= 0.3 is 0 Å². The summed E-state index contributed by atoms with van der Waals surface area (Å²) in [5.74, 6) is 0. The van der Waals surface area contributed by atoms with Crippen molar-refractivity contribution in [1.82, 2.24) is 5.32 Å². The number of benzene rings is 1. The molecule has 20 heavy (non-hydrogen) atoms. The van der Waals surface area contributed by atoms with E-state index in [9.17, 15) is 5.11 Å². The maximum atomic E-state index is 10.1. The molecule has 0 saturated carbocycles. The van der Waals surface area contributed by atoms with Crippen molar-refractivity contribution in [2.45, 2.75) is 59.2 Å². The fourth-order valence-corrected chi connectivity index (χ4v) is 1.95. The average molecular weight is 278 g/mol. The van der Waals surface area contributed by atoms with Crippen LogP contribution in [0, 0.1) is 0 Å².